The molecule has 0 fully saturated rings. The van der Waals surface area contributed by atoms with E-state index in [1.807, 2.05) is 60.7 Å². The van der Waals surface area contributed by atoms with Crippen molar-refractivity contribution in [3.8, 4) is 89.7 Å². The number of rotatable bonds is 4. The van der Waals surface area contributed by atoms with Crippen LogP contribution in [0.2, 0.25) is 15.5 Å². The van der Waals surface area contributed by atoms with Crippen molar-refractivity contribution >= 4 is 211 Å². The number of nitrogens with one attached hydrogen (secondary N) is 1. The highest BCUT2D eigenvalue weighted by Gasteiger charge is 2.31. The highest BCUT2D eigenvalue weighted by Crippen LogP contribution is 2.54. The van der Waals surface area contributed by atoms with Crippen LogP contribution in [0.5, 0.6) is 0 Å². The quantitative estimate of drug-likeness (QED) is 0.117. The molecular formula is C114H67BCl3N9O2. The summed E-state index contributed by atoms with van der Waals surface area (Å²) in [6.45, 7) is 0. The minimum atomic E-state index is -1.34. The van der Waals surface area contributed by atoms with Crippen LogP contribution in [0.25, 0.3) is 253 Å². The van der Waals surface area contributed by atoms with Crippen LogP contribution in [-0.2, 0) is 0 Å². The summed E-state index contributed by atoms with van der Waals surface area (Å²) >= 11 is 18.7. The Hall–Kier alpha value is -15.8. The minimum absolute atomic E-state index is 0.240. The smallest absolute Gasteiger partial charge is 0.423 e. The third kappa shape index (κ3) is 12.1. The summed E-state index contributed by atoms with van der Waals surface area (Å²) in [4.78, 5) is 33.0. The van der Waals surface area contributed by atoms with Crippen LogP contribution < -0.4 is 5.46 Å². The first-order chi connectivity index (χ1) is 63.6. The number of aromatic amines is 1. The van der Waals surface area contributed by atoms with Crippen LogP contribution in [0.4, 0.5) is 0 Å². The maximum Gasteiger partial charge on any atom is 0.488 e. The Morgan fingerprint density at radius 2 is 0.550 bits per heavy atom. The van der Waals surface area contributed by atoms with Gasteiger partial charge >= 0.3 is 7.12 Å². The zero-order valence-electron chi connectivity index (χ0n) is 68.6. The number of halogens is 3. The molecule has 0 spiro atoms. The van der Waals surface area contributed by atoms with Gasteiger partial charge in [0.1, 0.15) is 5.69 Å². The first-order valence-electron chi connectivity index (χ1n) is 42.9. The standard InChI is InChI=1S/C40H23N3.C34H18ClN3.C22H13N.C12H6Cl2N2.C6H7BO2/c1-2-11-26(12-3-1)38-40(42-39-27-14-5-4-10-24(27)20-22-32(39)41-38)43-33-19-9-18-31-29-16-7-6-15-28(29)30-17-8-13-25-21-23-34(43)37(35(25)30)36(31)33;35-33-34(37-32-21-9-2-1-7-19(21)15-17-26(32)36-33)38-27-14-6-13-25-23-11-4-3-10-22(23)24-12-5-8-20-16-18-28(38)31(29(20)24)30(25)27;1-2-7-15-14(6-1)16-8-3-5-13-11-12-19-22(20(13)16)21-17(15)9-4-10-18(21)23-19;13-11-12(14)16-10-8-4-2-1-3-7(8)5-6-9(10)15-11;8-7(9)6-4-2-1-3-5-6/h1-23H;1-18H;1-12,23H;1-6H;1-5,8-9H. The van der Waals surface area contributed by atoms with Crippen molar-refractivity contribution in [2.24, 2.45) is 0 Å². The Balaban J connectivity index is 0.0000000947. The van der Waals surface area contributed by atoms with E-state index in [9.17, 15) is 0 Å². The van der Waals surface area contributed by atoms with Crippen LogP contribution in [0, 0.1) is 0 Å². The van der Waals surface area contributed by atoms with Gasteiger partial charge in [-0.05, 0) is 175 Å². The van der Waals surface area contributed by atoms with Gasteiger partial charge < -0.3 is 15.0 Å². The number of hydrogen-bond donors (Lipinski definition) is 3. The van der Waals surface area contributed by atoms with Gasteiger partial charge in [0.25, 0.3) is 0 Å². The number of benzene rings is 20. The van der Waals surface area contributed by atoms with Crippen LogP contribution in [0.15, 0.2) is 388 Å². The highest BCUT2D eigenvalue weighted by molar-refractivity contribution is 6.58. The average Bonchev–Trinajstić information content (AvgIpc) is 1.38. The second kappa shape index (κ2) is 30.3. The summed E-state index contributed by atoms with van der Waals surface area (Å²) in [6.07, 6.45) is 0. The highest BCUT2D eigenvalue weighted by atomic mass is 35.5. The van der Waals surface area contributed by atoms with E-state index < -0.39 is 7.12 Å². The average molecular weight is 1710 g/mol. The van der Waals surface area contributed by atoms with Crippen molar-refractivity contribution in [1.29, 1.82) is 0 Å². The van der Waals surface area contributed by atoms with Crippen molar-refractivity contribution in [3.05, 3.63) is 404 Å². The van der Waals surface area contributed by atoms with Crippen molar-refractivity contribution in [2.45, 2.75) is 0 Å². The van der Waals surface area contributed by atoms with Gasteiger partial charge in [0.15, 0.2) is 27.1 Å². The fourth-order valence-electron chi connectivity index (χ4n) is 20.3. The van der Waals surface area contributed by atoms with E-state index in [-0.39, 0.29) is 10.3 Å². The third-order valence-electron chi connectivity index (χ3n) is 25.8. The number of aromatic nitrogens is 9. The lowest BCUT2D eigenvalue weighted by molar-refractivity contribution is 0.426. The third-order valence-corrected chi connectivity index (χ3v) is 26.7. The van der Waals surface area contributed by atoms with Crippen LogP contribution in [0.1, 0.15) is 0 Å². The van der Waals surface area contributed by atoms with E-state index in [2.05, 4.69) is 327 Å². The molecule has 0 saturated heterocycles. The molecular weight excluding hydrogens is 1640 g/mol. The monoisotopic (exact) mass is 1710 g/mol. The van der Waals surface area contributed by atoms with E-state index >= 15 is 0 Å². The van der Waals surface area contributed by atoms with Crippen molar-refractivity contribution < 1.29 is 10.0 Å². The van der Waals surface area contributed by atoms with Gasteiger partial charge in [-0.15, -0.1) is 0 Å². The zero-order chi connectivity index (χ0) is 85.8. The van der Waals surface area contributed by atoms with Crippen molar-refractivity contribution in [2.75, 3.05) is 0 Å². The fourth-order valence-corrected chi connectivity index (χ4v) is 20.8. The van der Waals surface area contributed by atoms with E-state index in [0.717, 1.165) is 105 Å². The lowest BCUT2D eigenvalue weighted by atomic mass is 9.81. The molecule has 0 atom stereocenters. The molecule has 0 radical (unpaired) electrons. The molecule has 0 aliphatic heterocycles. The predicted octanol–water partition coefficient (Wildman–Crippen LogP) is 29.3. The Bertz CT molecular complexity index is 9240. The Kier molecular flexibility index (Phi) is 17.8. The summed E-state index contributed by atoms with van der Waals surface area (Å²) in [5.74, 6) is 1.50. The van der Waals surface area contributed by atoms with Crippen LogP contribution in [0.3, 0.4) is 0 Å². The second-order valence-corrected chi connectivity index (χ2v) is 33.9. The lowest BCUT2D eigenvalue weighted by Gasteiger charge is -2.16. The molecule has 3 aliphatic rings. The Labute approximate surface area is 752 Å². The van der Waals surface area contributed by atoms with Gasteiger partial charge in [0.2, 0.25) is 0 Å². The SMILES string of the molecule is Clc1nc2ccc3ccccc3c2nc1-n1c2cccc3c2c2c4c(cccc4ccc21)-c1ccccc1-3.Clc1nc2ccc3ccccc3c2nc1Cl.OB(O)c1ccccc1.c1ccc(-c2nc3ccc4ccccc4c3nc2-n2c3cccc4c3c3c5c(cccc5ccc32)-c2ccccc2-4)cc1.c1ccc2c(c1)-c1cccc3ccc4[nH]c5cccc-2c5c4c13. The number of nitrogens with zero attached hydrogens (tertiary/aromatic N) is 8. The van der Waals surface area contributed by atoms with E-state index in [1.165, 1.54) is 142 Å². The molecule has 3 N–H and O–H groups in total. The molecule has 3 aliphatic carbocycles. The van der Waals surface area contributed by atoms with E-state index in [1.54, 1.807) is 24.3 Å². The summed E-state index contributed by atoms with van der Waals surface area (Å²) in [5.41, 5.74) is 29.7. The molecule has 129 heavy (non-hydrogen) atoms. The first-order valence-corrected chi connectivity index (χ1v) is 44.0. The zero-order valence-corrected chi connectivity index (χ0v) is 70.9. The number of hydrogen-bond acceptors (Lipinski definition) is 8. The second-order valence-electron chi connectivity index (χ2n) is 32.8. The normalized spacial score (nSPS) is 11.9. The Morgan fingerprint density at radius 3 is 1.02 bits per heavy atom. The molecule has 0 amide bonds. The van der Waals surface area contributed by atoms with Gasteiger partial charge in [-0.2, -0.15) is 0 Å². The fraction of sp³-hybridized carbons (Fsp3) is 0. The van der Waals surface area contributed by atoms with Crippen LogP contribution in [-0.4, -0.2) is 61.2 Å². The van der Waals surface area contributed by atoms with E-state index in [4.69, 9.17) is 64.8 Å². The largest absolute Gasteiger partial charge is 0.488 e. The molecule has 0 saturated carbocycles. The number of H-pyrrole nitrogens is 1. The van der Waals surface area contributed by atoms with Crippen LogP contribution >= 0.6 is 34.8 Å². The molecule has 6 aromatic heterocycles. The van der Waals surface area contributed by atoms with Crippen molar-refractivity contribution in [3.63, 3.8) is 0 Å². The molecule has 6 heterocycles. The first kappa shape index (κ1) is 75.7. The molecule has 0 bridgehead atoms. The Morgan fingerprint density at radius 1 is 0.225 bits per heavy atom. The summed E-state index contributed by atoms with van der Waals surface area (Å²) in [6, 6.07) is 135. The van der Waals surface area contributed by atoms with Gasteiger partial charge in [0, 0.05) is 65.1 Å². The van der Waals surface area contributed by atoms with Gasteiger partial charge in [-0.3, -0.25) is 9.13 Å². The predicted molar refractivity (Wildman–Crippen MR) is 538 cm³/mol. The maximum atomic E-state index is 8.58. The minimum Gasteiger partial charge on any atom is -0.423 e. The number of fused-ring (bicyclic) bond motifs is 18. The summed E-state index contributed by atoms with van der Waals surface area (Å²) in [5, 5.41) is 40.1. The topological polar surface area (TPSA) is 143 Å². The molecule has 15 heteroatoms. The lowest BCUT2D eigenvalue weighted by Crippen LogP contribution is -2.29. The van der Waals surface area contributed by atoms with E-state index in [0.29, 0.717) is 16.4 Å². The molecule has 29 rings (SSSR count). The summed E-state index contributed by atoms with van der Waals surface area (Å²) in [7, 11) is -1.34. The molecule has 11 nitrogen and oxygen atoms in total. The van der Waals surface area contributed by atoms with Gasteiger partial charge in [-0.25, -0.2) is 29.9 Å². The maximum absolute atomic E-state index is 8.58. The van der Waals surface area contributed by atoms with Gasteiger partial charge in [-0.1, -0.05) is 368 Å². The molecule has 604 valence electrons. The summed E-state index contributed by atoms with van der Waals surface area (Å²) < 4.78 is 4.56. The molecule has 20 aromatic carbocycles. The van der Waals surface area contributed by atoms with Crippen molar-refractivity contribution in [1.82, 2.24) is 44.0 Å². The molecule has 0 unspecified atom stereocenters. The molecule has 26 aromatic rings. The van der Waals surface area contributed by atoms with Gasteiger partial charge in [0.05, 0.1) is 55.2 Å².